The fourth-order valence-electron chi connectivity index (χ4n) is 3.87. The topological polar surface area (TPSA) is 49.2 Å². The third-order valence-electron chi connectivity index (χ3n) is 5.35. The van der Waals surface area contributed by atoms with E-state index in [1.54, 1.807) is 30.6 Å². The van der Waals surface area contributed by atoms with Crippen LogP contribution in [0.5, 0.6) is 0 Å². The van der Waals surface area contributed by atoms with Gasteiger partial charge in [0.25, 0.3) is 0 Å². The molecule has 5 rings (SSSR count). The van der Waals surface area contributed by atoms with E-state index in [9.17, 15) is 9.60 Å². The molecule has 0 radical (unpaired) electrons. The number of aryl methyl sites for hydroxylation is 1. The number of aromatic nitrogens is 2. The van der Waals surface area contributed by atoms with Crippen molar-refractivity contribution in [1.82, 2.24) is 15.0 Å². The van der Waals surface area contributed by atoms with E-state index in [0.29, 0.717) is 23.4 Å². The van der Waals surface area contributed by atoms with E-state index >= 15 is 0 Å². The number of hydroxylamine groups is 2. The predicted octanol–water partition coefficient (Wildman–Crippen LogP) is 5.59. The summed E-state index contributed by atoms with van der Waals surface area (Å²) in [5.41, 5.74) is 6.72. The smallest absolute Gasteiger partial charge is 0.160 e. The second kappa shape index (κ2) is 6.79. The van der Waals surface area contributed by atoms with Crippen molar-refractivity contribution in [2.75, 3.05) is 0 Å². The van der Waals surface area contributed by atoms with Crippen LogP contribution < -0.4 is 0 Å². The Morgan fingerprint density at radius 2 is 1.86 bits per heavy atom. The second-order valence-electron chi connectivity index (χ2n) is 7.15. The minimum absolute atomic E-state index is 0.317. The fourth-order valence-corrected chi connectivity index (χ4v) is 3.87. The number of benzene rings is 2. The van der Waals surface area contributed by atoms with Gasteiger partial charge in [-0.1, -0.05) is 24.3 Å². The first-order valence-electron chi connectivity index (χ1n) is 9.39. The highest BCUT2D eigenvalue weighted by Gasteiger charge is 2.19. The van der Waals surface area contributed by atoms with Crippen LogP contribution in [0.4, 0.5) is 4.39 Å². The minimum Gasteiger partial charge on any atom is -0.289 e. The monoisotopic (exact) mass is 383 g/mol. The molecule has 4 nitrogen and oxygen atoms in total. The maximum Gasteiger partial charge on any atom is 0.160 e. The van der Waals surface area contributed by atoms with Gasteiger partial charge in [0.15, 0.2) is 5.65 Å². The highest BCUT2D eigenvalue weighted by atomic mass is 19.1. The summed E-state index contributed by atoms with van der Waals surface area (Å²) in [7, 11) is 0. The molecule has 2 aromatic carbocycles. The third-order valence-corrected chi connectivity index (χ3v) is 5.35. The van der Waals surface area contributed by atoms with Gasteiger partial charge in [-0.15, -0.1) is 0 Å². The van der Waals surface area contributed by atoms with E-state index in [1.165, 1.54) is 11.1 Å². The van der Waals surface area contributed by atoms with Crippen molar-refractivity contribution in [3.05, 3.63) is 89.5 Å². The van der Waals surface area contributed by atoms with Crippen LogP contribution in [0, 0.1) is 12.7 Å². The molecule has 0 unspecified atom stereocenters. The molecule has 142 valence electrons. The molecular formula is C24H18FN3O. The highest BCUT2D eigenvalue weighted by Crippen LogP contribution is 2.37. The van der Waals surface area contributed by atoms with E-state index in [0.717, 1.165) is 33.2 Å². The Hall–Kier alpha value is -3.57. The lowest BCUT2D eigenvalue weighted by Gasteiger charge is -2.23. The standard InChI is InChI=1S/C24H18FN3O/c1-15-8-9-16(17-10-12-28(29)14-21(15)17)20-13-23(19-5-2-3-7-22(19)25)27-24-18(20)6-4-11-26-24/h2-13,29H,14H2,1H3. The number of fused-ring (bicyclic) bond motifs is 2. The SMILES string of the molecule is Cc1ccc(-c2cc(-c3ccccc3F)nc3ncccc23)c2c1CN(O)C=C2. The van der Waals surface area contributed by atoms with Crippen LogP contribution in [0.15, 0.2) is 67.0 Å². The van der Waals surface area contributed by atoms with Crippen LogP contribution in [0.25, 0.3) is 39.5 Å². The Bertz CT molecular complexity index is 1280. The van der Waals surface area contributed by atoms with Crippen LogP contribution in [-0.2, 0) is 6.54 Å². The molecule has 5 heteroatoms. The molecular weight excluding hydrogens is 365 g/mol. The summed E-state index contributed by atoms with van der Waals surface area (Å²) < 4.78 is 14.5. The van der Waals surface area contributed by atoms with E-state index in [4.69, 9.17) is 0 Å². The van der Waals surface area contributed by atoms with Gasteiger partial charge in [0.1, 0.15) is 5.82 Å². The zero-order valence-corrected chi connectivity index (χ0v) is 15.8. The zero-order chi connectivity index (χ0) is 20.0. The Balaban J connectivity index is 1.82. The molecule has 1 N–H and O–H groups in total. The van der Waals surface area contributed by atoms with Crippen LogP contribution in [0.3, 0.4) is 0 Å². The maximum atomic E-state index is 14.5. The van der Waals surface area contributed by atoms with E-state index in [2.05, 4.69) is 16.0 Å². The van der Waals surface area contributed by atoms with E-state index in [1.807, 2.05) is 37.3 Å². The van der Waals surface area contributed by atoms with Crippen LogP contribution >= 0.6 is 0 Å². The van der Waals surface area contributed by atoms with E-state index in [-0.39, 0.29) is 5.82 Å². The number of halogens is 1. The number of hydrogen-bond acceptors (Lipinski definition) is 4. The maximum absolute atomic E-state index is 14.5. The molecule has 0 fully saturated rings. The normalized spacial score (nSPS) is 13.0. The molecule has 0 atom stereocenters. The molecule has 1 aliphatic heterocycles. The van der Waals surface area contributed by atoms with Gasteiger partial charge >= 0.3 is 0 Å². The molecule has 0 spiro atoms. The van der Waals surface area contributed by atoms with Crippen LogP contribution in [0.2, 0.25) is 0 Å². The predicted molar refractivity (Wildman–Crippen MR) is 111 cm³/mol. The molecule has 3 heterocycles. The van der Waals surface area contributed by atoms with Gasteiger partial charge in [-0.3, -0.25) is 10.3 Å². The summed E-state index contributed by atoms with van der Waals surface area (Å²) in [5, 5.41) is 12.0. The third kappa shape index (κ3) is 2.96. The number of pyridine rings is 2. The van der Waals surface area contributed by atoms with Crippen molar-refractivity contribution in [1.29, 1.82) is 0 Å². The first-order chi connectivity index (χ1) is 14.1. The van der Waals surface area contributed by atoms with Gasteiger partial charge < -0.3 is 0 Å². The summed E-state index contributed by atoms with van der Waals surface area (Å²) >= 11 is 0. The van der Waals surface area contributed by atoms with Gasteiger partial charge in [-0.05, 0) is 71.1 Å². The molecule has 29 heavy (non-hydrogen) atoms. The lowest BCUT2D eigenvalue weighted by molar-refractivity contribution is -0.0496. The number of hydrogen-bond donors (Lipinski definition) is 1. The number of rotatable bonds is 2. The minimum atomic E-state index is -0.317. The molecule has 0 amide bonds. The van der Waals surface area contributed by atoms with Crippen LogP contribution in [-0.4, -0.2) is 20.2 Å². The molecule has 0 saturated heterocycles. The lowest BCUT2D eigenvalue weighted by atomic mass is 9.89. The number of nitrogens with zero attached hydrogens (tertiary/aromatic N) is 3. The van der Waals surface area contributed by atoms with Crippen molar-refractivity contribution in [3.8, 4) is 22.4 Å². The van der Waals surface area contributed by atoms with Gasteiger partial charge in [-0.2, -0.15) is 0 Å². The Labute approximate surface area is 167 Å². The Morgan fingerprint density at radius 3 is 2.72 bits per heavy atom. The average Bonchev–Trinajstić information content (AvgIpc) is 2.74. The first kappa shape index (κ1) is 17.5. The fraction of sp³-hybridized carbons (Fsp3) is 0.0833. The largest absolute Gasteiger partial charge is 0.289 e. The second-order valence-corrected chi connectivity index (χ2v) is 7.15. The summed E-state index contributed by atoms with van der Waals surface area (Å²) in [6, 6.07) is 16.5. The van der Waals surface area contributed by atoms with Crippen molar-refractivity contribution < 1.29 is 9.60 Å². The highest BCUT2D eigenvalue weighted by molar-refractivity contribution is 5.97. The van der Waals surface area contributed by atoms with Gasteiger partial charge in [0.2, 0.25) is 0 Å². The van der Waals surface area contributed by atoms with Crippen molar-refractivity contribution in [2.24, 2.45) is 0 Å². The molecule has 0 saturated carbocycles. The van der Waals surface area contributed by atoms with Gasteiger partial charge in [-0.25, -0.2) is 14.4 Å². The average molecular weight is 383 g/mol. The summed E-state index contributed by atoms with van der Waals surface area (Å²) in [6.07, 6.45) is 5.26. The Morgan fingerprint density at radius 1 is 1.00 bits per heavy atom. The molecule has 1 aliphatic rings. The summed E-state index contributed by atoms with van der Waals surface area (Å²) in [5.74, 6) is -0.317. The van der Waals surface area contributed by atoms with Crippen molar-refractivity contribution in [2.45, 2.75) is 13.5 Å². The summed E-state index contributed by atoms with van der Waals surface area (Å²) in [6.45, 7) is 2.46. The summed E-state index contributed by atoms with van der Waals surface area (Å²) in [4.78, 5) is 9.04. The molecule has 0 bridgehead atoms. The van der Waals surface area contributed by atoms with Crippen molar-refractivity contribution >= 4 is 17.1 Å². The van der Waals surface area contributed by atoms with Crippen molar-refractivity contribution in [3.63, 3.8) is 0 Å². The molecule has 0 aliphatic carbocycles. The first-order valence-corrected chi connectivity index (χ1v) is 9.39. The Kier molecular flexibility index (Phi) is 4.11. The molecule has 2 aromatic heterocycles. The molecule has 4 aromatic rings. The quantitative estimate of drug-likeness (QED) is 0.490. The lowest BCUT2D eigenvalue weighted by Crippen LogP contribution is -2.16. The zero-order valence-electron chi connectivity index (χ0n) is 15.8. The van der Waals surface area contributed by atoms with E-state index < -0.39 is 0 Å². The van der Waals surface area contributed by atoms with Crippen LogP contribution in [0.1, 0.15) is 16.7 Å². The van der Waals surface area contributed by atoms with Gasteiger partial charge in [0, 0.05) is 23.3 Å². The van der Waals surface area contributed by atoms with Gasteiger partial charge in [0.05, 0.1) is 12.2 Å².